The molecule has 0 radical (unpaired) electrons. The molecule has 1 rings (SSSR count). The zero-order chi connectivity index (χ0) is 13.4. The molecule has 0 aromatic rings. The summed E-state index contributed by atoms with van der Waals surface area (Å²) in [4.78, 5) is 12.2. The van der Waals surface area contributed by atoms with Crippen LogP contribution < -0.4 is 5.32 Å². The monoisotopic (exact) mass is 267 g/mol. The molecule has 0 bridgehead atoms. The first-order valence-electron chi connectivity index (χ1n) is 6.76. The Morgan fingerprint density at radius 2 is 2.06 bits per heavy atom. The molecule has 1 amide bonds. The summed E-state index contributed by atoms with van der Waals surface area (Å²) in [7, 11) is 0. The Hall–Kier alpha value is -0.700. The molecule has 1 aliphatic rings. The minimum atomic E-state index is 0.00894. The van der Waals surface area contributed by atoms with Gasteiger partial charge in [0.2, 0.25) is 5.91 Å². The summed E-state index contributed by atoms with van der Waals surface area (Å²) in [6.45, 7) is 7.44. The molecule has 1 aliphatic carbocycles. The van der Waals surface area contributed by atoms with E-state index >= 15 is 0 Å². The van der Waals surface area contributed by atoms with Gasteiger partial charge in [-0.3, -0.25) is 4.79 Å². The number of nitrogens with one attached hydrogen (secondary N) is 1. The van der Waals surface area contributed by atoms with Crippen LogP contribution in [0.3, 0.4) is 0 Å². The third-order valence-electron chi connectivity index (χ3n) is 3.58. The molecule has 0 unspecified atom stereocenters. The predicted octanol–water partition coefficient (Wildman–Crippen LogP) is 3.55. The molecule has 3 heteroatoms. The van der Waals surface area contributed by atoms with Crippen molar-refractivity contribution in [3.8, 4) is 0 Å². The van der Waals surface area contributed by atoms with Gasteiger partial charge in [-0.1, -0.05) is 18.6 Å². The van der Waals surface area contributed by atoms with Crippen LogP contribution >= 0.6 is 11.8 Å². The minimum Gasteiger partial charge on any atom is -0.353 e. The number of carbonyl (C=O) groups excluding carboxylic acids is 1. The standard InChI is InChI=1S/C15H25NOS/c1-4-7-12(8-5-2)15(17)16-13-9-6-10-14(11-13)18-3/h4-5,12-14H,1-2,6-11H2,3H3,(H,16,17)/t13-,14+/m0/s1. The second kappa shape index (κ2) is 8.41. The third kappa shape index (κ3) is 4.89. The van der Waals surface area contributed by atoms with Crippen LogP contribution in [0.15, 0.2) is 25.3 Å². The van der Waals surface area contributed by atoms with E-state index in [1.54, 1.807) is 0 Å². The summed E-state index contributed by atoms with van der Waals surface area (Å²) in [5, 5.41) is 3.91. The van der Waals surface area contributed by atoms with Gasteiger partial charge in [-0.05, 0) is 38.4 Å². The zero-order valence-electron chi connectivity index (χ0n) is 11.4. The van der Waals surface area contributed by atoms with Crippen LogP contribution in [0.2, 0.25) is 0 Å². The number of hydrogen-bond donors (Lipinski definition) is 1. The van der Waals surface area contributed by atoms with Gasteiger partial charge >= 0.3 is 0 Å². The van der Waals surface area contributed by atoms with Gasteiger partial charge in [-0.25, -0.2) is 0 Å². The lowest BCUT2D eigenvalue weighted by molar-refractivity contribution is -0.125. The number of rotatable bonds is 7. The van der Waals surface area contributed by atoms with Crippen molar-refractivity contribution in [2.45, 2.75) is 49.8 Å². The Bertz CT molecular complexity index is 280. The van der Waals surface area contributed by atoms with Gasteiger partial charge in [0.25, 0.3) is 0 Å². The van der Waals surface area contributed by atoms with Gasteiger partial charge in [0, 0.05) is 17.2 Å². The lowest BCUT2D eigenvalue weighted by Crippen LogP contribution is -2.42. The van der Waals surface area contributed by atoms with Gasteiger partial charge in [0.05, 0.1) is 0 Å². The van der Waals surface area contributed by atoms with Crippen LogP contribution in [0, 0.1) is 5.92 Å². The average Bonchev–Trinajstić information content (AvgIpc) is 2.38. The first-order valence-corrected chi connectivity index (χ1v) is 8.05. The van der Waals surface area contributed by atoms with Crippen molar-refractivity contribution in [2.24, 2.45) is 5.92 Å². The van der Waals surface area contributed by atoms with E-state index in [-0.39, 0.29) is 11.8 Å². The van der Waals surface area contributed by atoms with Crippen LogP contribution in [-0.2, 0) is 4.79 Å². The van der Waals surface area contributed by atoms with E-state index in [0.717, 1.165) is 25.7 Å². The molecule has 1 N–H and O–H groups in total. The smallest absolute Gasteiger partial charge is 0.223 e. The van der Waals surface area contributed by atoms with Crippen molar-refractivity contribution < 1.29 is 4.79 Å². The Morgan fingerprint density at radius 1 is 1.39 bits per heavy atom. The van der Waals surface area contributed by atoms with E-state index in [0.29, 0.717) is 11.3 Å². The van der Waals surface area contributed by atoms with Crippen LogP contribution in [0.5, 0.6) is 0 Å². The first-order chi connectivity index (χ1) is 8.71. The molecule has 2 nitrogen and oxygen atoms in total. The molecule has 0 aliphatic heterocycles. The summed E-state index contributed by atoms with van der Waals surface area (Å²) in [5.74, 6) is 0.177. The Balaban J connectivity index is 2.45. The van der Waals surface area contributed by atoms with E-state index in [2.05, 4.69) is 24.7 Å². The molecule has 2 atom stereocenters. The largest absolute Gasteiger partial charge is 0.353 e. The lowest BCUT2D eigenvalue weighted by atomic mass is 9.93. The SMILES string of the molecule is C=CCC(CC=C)C(=O)N[C@H]1CCC[C@@H](SC)C1. The quantitative estimate of drug-likeness (QED) is 0.715. The van der Waals surface area contributed by atoms with Gasteiger partial charge < -0.3 is 5.32 Å². The summed E-state index contributed by atoms with van der Waals surface area (Å²) in [5.41, 5.74) is 0. The van der Waals surface area contributed by atoms with Gasteiger partial charge in [-0.15, -0.1) is 13.2 Å². The molecule has 0 spiro atoms. The molecule has 1 fully saturated rings. The summed E-state index contributed by atoms with van der Waals surface area (Å²) in [6, 6.07) is 0.362. The normalized spacial score (nSPS) is 23.7. The highest BCUT2D eigenvalue weighted by Gasteiger charge is 2.24. The van der Waals surface area contributed by atoms with Crippen molar-refractivity contribution in [1.29, 1.82) is 0 Å². The number of amides is 1. The van der Waals surface area contributed by atoms with E-state index in [4.69, 9.17) is 0 Å². The predicted molar refractivity (Wildman–Crippen MR) is 80.8 cm³/mol. The number of hydrogen-bond acceptors (Lipinski definition) is 2. The number of carbonyl (C=O) groups is 1. The van der Waals surface area contributed by atoms with Gasteiger partial charge in [0.15, 0.2) is 0 Å². The van der Waals surface area contributed by atoms with E-state index in [9.17, 15) is 4.79 Å². The summed E-state index contributed by atoms with van der Waals surface area (Å²) in [6.07, 6.45) is 12.0. The highest BCUT2D eigenvalue weighted by Crippen LogP contribution is 2.27. The van der Waals surface area contributed by atoms with Crippen molar-refractivity contribution >= 4 is 17.7 Å². The second-order valence-electron chi connectivity index (χ2n) is 4.98. The Labute approximate surface area is 115 Å². The number of thioether (sulfide) groups is 1. The Morgan fingerprint density at radius 3 is 2.61 bits per heavy atom. The topological polar surface area (TPSA) is 29.1 Å². The maximum Gasteiger partial charge on any atom is 0.223 e. The molecule has 1 saturated carbocycles. The van der Waals surface area contributed by atoms with Crippen LogP contribution in [0.4, 0.5) is 0 Å². The summed E-state index contributed by atoms with van der Waals surface area (Å²) >= 11 is 1.92. The molecule has 0 aromatic heterocycles. The molecule has 18 heavy (non-hydrogen) atoms. The van der Waals surface area contributed by atoms with Gasteiger partial charge in [-0.2, -0.15) is 11.8 Å². The zero-order valence-corrected chi connectivity index (χ0v) is 12.2. The van der Waals surface area contributed by atoms with Crippen LogP contribution in [-0.4, -0.2) is 23.5 Å². The first kappa shape index (κ1) is 15.4. The highest BCUT2D eigenvalue weighted by molar-refractivity contribution is 7.99. The summed E-state index contributed by atoms with van der Waals surface area (Å²) < 4.78 is 0. The minimum absolute atomic E-state index is 0.00894. The van der Waals surface area contributed by atoms with Crippen molar-refractivity contribution in [3.63, 3.8) is 0 Å². The fourth-order valence-corrected chi connectivity index (χ4v) is 3.35. The fourth-order valence-electron chi connectivity index (χ4n) is 2.52. The van der Waals surface area contributed by atoms with Crippen molar-refractivity contribution in [2.75, 3.05) is 6.26 Å². The van der Waals surface area contributed by atoms with E-state index in [1.165, 1.54) is 12.8 Å². The van der Waals surface area contributed by atoms with Crippen molar-refractivity contribution in [3.05, 3.63) is 25.3 Å². The molecule has 0 saturated heterocycles. The molecule has 0 heterocycles. The van der Waals surface area contributed by atoms with Gasteiger partial charge in [0.1, 0.15) is 0 Å². The lowest BCUT2D eigenvalue weighted by Gasteiger charge is -2.29. The maximum absolute atomic E-state index is 12.2. The fraction of sp³-hybridized carbons (Fsp3) is 0.667. The van der Waals surface area contributed by atoms with Crippen LogP contribution in [0.1, 0.15) is 38.5 Å². The Kier molecular flexibility index (Phi) is 7.18. The number of allylic oxidation sites excluding steroid dienone is 2. The second-order valence-corrected chi connectivity index (χ2v) is 6.11. The highest BCUT2D eigenvalue weighted by atomic mass is 32.2. The van der Waals surface area contributed by atoms with Crippen molar-refractivity contribution in [1.82, 2.24) is 5.32 Å². The van der Waals surface area contributed by atoms with Crippen LogP contribution in [0.25, 0.3) is 0 Å². The molecular formula is C15H25NOS. The van der Waals surface area contributed by atoms with E-state index < -0.39 is 0 Å². The van der Waals surface area contributed by atoms with E-state index in [1.807, 2.05) is 23.9 Å². The average molecular weight is 267 g/mol. The molecular weight excluding hydrogens is 242 g/mol. The molecule has 102 valence electrons. The third-order valence-corrected chi connectivity index (χ3v) is 4.67. The maximum atomic E-state index is 12.2. The molecule has 0 aromatic carbocycles.